The van der Waals surface area contributed by atoms with Gasteiger partial charge in [0.05, 0.1) is 24.5 Å². The Kier molecular flexibility index (Phi) is 4.94. The third-order valence-corrected chi connectivity index (χ3v) is 3.06. The van der Waals surface area contributed by atoms with Crippen molar-refractivity contribution in [1.29, 1.82) is 5.26 Å². The smallest absolute Gasteiger partial charge is 0.101 e. The van der Waals surface area contributed by atoms with E-state index in [4.69, 9.17) is 5.26 Å². The van der Waals surface area contributed by atoms with Crippen LogP contribution in [0.15, 0.2) is 22.7 Å². The summed E-state index contributed by atoms with van der Waals surface area (Å²) in [5.41, 5.74) is 0.621. The Bertz CT molecular complexity index is 425. The van der Waals surface area contributed by atoms with E-state index in [0.717, 1.165) is 4.47 Å². The van der Waals surface area contributed by atoms with Crippen molar-refractivity contribution in [3.8, 4) is 6.07 Å². The van der Waals surface area contributed by atoms with Crippen LogP contribution >= 0.6 is 15.9 Å². The summed E-state index contributed by atoms with van der Waals surface area (Å²) >= 11 is 3.33. The Hall–Kier alpha value is -1.09. The first-order valence-electron chi connectivity index (χ1n) is 5.20. The molecule has 92 valence electrons. The van der Waals surface area contributed by atoms with Gasteiger partial charge in [0, 0.05) is 16.4 Å². The molecule has 0 bridgehead atoms. The topological polar surface area (TPSA) is 76.3 Å². The SMILES string of the molecule is CC(CO)(CO)CNc1cc(Br)ccc1C#N. The van der Waals surface area contributed by atoms with E-state index in [1.807, 2.05) is 0 Å². The molecule has 0 aliphatic heterocycles. The van der Waals surface area contributed by atoms with Crippen molar-refractivity contribution in [1.82, 2.24) is 0 Å². The van der Waals surface area contributed by atoms with Gasteiger partial charge in [0.1, 0.15) is 6.07 Å². The van der Waals surface area contributed by atoms with Crippen LogP contribution in [0.1, 0.15) is 12.5 Å². The summed E-state index contributed by atoms with van der Waals surface area (Å²) < 4.78 is 0.869. The lowest BCUT2D eigenvalue weighted by Crippen LogP contribution is -2.34. The number of nitrogens with one attached hydrogen (secondary N) is 1. The van der Waals surface area contributed by atoms with Crippen LogP contribution in [0.2, 0.25) is 0 Å². The Balaban J connectivity index is 2.82. The number of anilines is 1. The largest absolute Gasteiger partial charge is 0.396 e. The van der Waals surface area contributed by atoms with Crippen LogP contribution in [0.5, 0.6) is 0 Å². The Morgan fingerprint density at radius 2 is 2.06 bits per heavy atom. The molecule has 0 fully saturated rings. The molecule has 0 saturated heterocycles. The standard InChI is InChI=1S/C12H15BrN2O2/c1-12(7-16,8-17)6-15-11-4-10(13)3-2-9(11)5-14/h2-4,15-17H,6-8H2,1H3. The summed E-state index contributed by atoms with van der Waals surface area (Å²) in [4.78, 5) is 0. The fraction of sp³-hybridized carbons (Fsp3) is 0.417. The van der Waals surface area contributed by atoms with Crippen molar-refractivity contribution < 1.29 is 10.2 Å². The maximum Gasteiger partial charge on any atom is 0.101 e. The van der Waals surface area contributed by atoms with Crippen molar-refractivity contribution in [3.05, 3.63) is 28.2 Å². The van der Waals surface area contributed by atoms with Crippen LogP contribution in [0.25, 0.3) is 0 Å². The predicted octanol–water partition coefficient (Wildman–Crippen LogP) is 1.72. The minimum atomic E-state index is -0.602. The van der Waals surface area contributed by atoms with E-state index in [9.17, 15) is 10.2 Å². The Labute approximate surface area is 109 Å². The maximum absolute atomic E-state index is 9.17. The van der Waals surface area contributed by atoms with Crippen LogP contribution in [0.3, 0.4) is 0 Å². The molecule has 0 heterocycles. The van der Waals surface area contributed by atoms with Gasteiger partial charge >= 0.3 is 0 Å². The third kappa shape index (κ3) is 3.70. The summed E-state index contributed by atoms with van der Waals surface area (Å²) in [7, 11) is 0. The molecule has 0 saturated carbocycles. The van der Waals surface area contributed by atoms with Crippen LogP contribution in [0.4, 0.5) is 5.69 Å². The first-order chi connectivity index (χ1) is 8.04. The van der Waals surface area contributed by atoms with E-state index in [0.29, 0.717) is 17.8 Å². The molecule has 0 unspecified atom stereocenters. The fourth-order valence-electron chi connectivity index (χ4n) is 1.23. The van der Waals surface area contributed by atoms with E-state index in [1.54, 1.807) is 25.1 Å². The molecule has 1 rings (SSSR count). The number of aliphatic hydroxyl groups excluding tert-OH is 2. The van der Waals surface area contributed by atoms with Gasteiger partial charge < -0.3 is 15.5 Å². The third-order valence-electron chi connectivity index (χ3n) is 2.57. The highest BCUT2D eigenvalue weighted by Gasteiger charge is 2.22. The lowest BCUT2D eigenvalue weighted by Gasteiger charge is -2.25. The molecular weight excluding hydrogens is 284 g/mol. The second kappa shape index (κ2) is 6.01. The number of halogens is 1. The van der Waals surface area contributed by atoms with E-state index in [2.05, 4.69) is 27.3 Å². The van der Waals surface area contributed by atoms with Gasteiger partial charge in [-0.2, -0.15) is 5.26 Å². The molecule has 0 amide bonds. The molecular formula is C12H15BrN2O2. The van der Waals surface area contributed by atoms with Gasteiger partial charge in [-0.25, -0.2) is 0 Å². The zero-order valence-corrected chi connectivity index (χ0v) is 11.2. The van der Waals surface area contributed by atoms with Crippen LogP contribution < -0.4 is 5.32 Å². The van der Waals surface area contributed by atoms with Gasteiger partial charge in [-0.05, 0) is 18.2 Å². The van der Waals surface area contributed by atoms with Gasteiger partial charge in [0.15, 0.2) is 0 Å². The van der Waals surface area contributed by atoms with Crippen molar-refractivity contribution in [3.63, 3.8) is 0 Å². The molecule has 5 heteroatoms. The molecule has 0 radical (unpaired) electrons. The first-order valence-corrected chi connectivity index (χ1v) is 5.99. The van der Waals surface area contributed by atoms with Gasteiger partial charge in [0.25, 0.3) is 0 Å². The summed E-state index contributed by atoms with van der Waals surface area (Å²) in [5, 5.41) is 30.4. The van der Waals surface area contributed by atoms with E-state index >= 15 is 0 Å². The van der Waals surface area contributed by atoms with Gasteiger partial charge in [-0.15, -0.1) is 0 Å². The lowest BCUT2D eigenvalue weighted by molar-refractivity contribution is 0.0806. The highest BCUT2D eigenvalue weighted by molar-refractivity contribution is 9.10. The Morgan fingerprint density at radius 1 is 1.41 bits per heavy atom. The Morgan fingerprint density at radius 3 is 2.59 bits per heavy atom. The maximum atomic E-state index is 9.17. The van der Waals surface area contributed by atoms with Crippen LogP contribution in [-0.2, 0) is 0 Å². The fourth-order valence-corrected chi connectivity index (χ4v) is 1.59. The van der Waals surface area contributed by atoms with Crippen LogP contribution in [0, 0.1) is 16.7 Å². The van der Waals surface area contributed by atoms with Gasteiger partial charge in [-0.3, -0.25) is 0 Å². The van der Waals surface area contributed by atoms with Gasteiger partial charge in [-0.1, -0.05) is 22.9 Å². The van der Waals surface area contributed by atoms with Crippen molar-refractivity contribution in [2.24, 2.45) is 5.41 Å². The number of rotatable bonds is 5. The first kappa shape index (κ1) is 14.0. The molecule has 1 aromatic rings. The average molecular weight is 299 g/mol. The normalized spacial score (nSPS) is 11.0. The summed E-state index contributed by atoms with van der Waals surface area (Å²) in [6, 6.07) is 7.39. The second-order valence-electron chi connectivity index (χ2n) is 4.28. The molecule has 0 aliphatic rings. The predicted molar refractivity (Wildman–Crippen MR) is 69.6 cm³/mol. The molecule has 0 aromatic heterocycles. The number of benzene rings is 1. The number of hydrogen-bond acceptors (Lipinski definition) is 4. The van der Waals surface area contributed by atoms with Gasteiger partial charge in [0.2, 0.25) is 0 Å². The monoisotopic (exact) mass is 298 g/mol. The van der Waals surface area contributed by atoms with Crippen molar-refractivity contribution in [2.45, 2.75) is 6.92 Å². The number of hydrogen-bond donors (Lipinski definition) is 3. The summed E-state index contributed by atoms with van der Waals surface area (Å²) in [5.74, 6) is 0. The molecule has 0 spiro atoms. The van der Waals surface area contributed by atoms with E-state index < -0.39 is 5.41 Å². The number of nitrogens with zero attached hydrogens (tertiary/aromatic N) is 1. The number of aliphatic hydroxyl groups is 2. The molecule has 0 aliphatic carbocycles. The number of nitriles is 1. The summed E-state index contributed by atoms with van der Waals surface area (Å²) in [6.07, 6.45) is 0. The summed E-state index contributed by atoms with van der Waals surface area (Å²) in [6.45, 7) is 1.92. The highest BCUT2D eigenvalue weighted by Crippen LogP contribution is 2.23. The van der Waals surface area contributed by atoms with E-state index in [-0.39, 0.29) is 13.2 Å². The van der Waals surface area contributed by atoms with Crippen molar-refractivity contribution >= 4 is 21.6 Å². The molecule has 1 aromatic carbocycles. The average Bonchev–Trinajstić information content (AvgIpc) is 2.36. The van der Waals surface area contributed by atoms with Crippen molar-refractivity contribution in [2.75, 3.05) is 25.1 Å². The molecule has 0 atom stereocenters. The zero-order valence-electron chi connectivity index (χ0n) is 9.57. The lowest BCUT2D eigenvalue weighted by atomic mass is 9.93. The quantitative estimate of drug-likeness (QED) is 0.774. The molecule has 4 nitrogen and oxygen atoms in total. The second-order valence-corrected chi connectivity index (χ2v) is 5.20. The zero-order chi connectivity index (χ0) is 12.9. The minimum absolute atomic E-state index is 0.119. The highest BCUT2D eigenvalue weighted by atomic mass is 79.9. The minimum Gasteiger partial charge on any atom is -0.396 e. The molecule has 3 N–H and O–H groups in total. The van der Waals surface area contributed by atoms with Crippen LogP contribution in [-0.4, -0.2) is 30.0 Å². The molecule has 17 heavy (non-hydrogen) atoms. The van der Waals surface area contributed by atoms with E-state index in [1.165, 1.54) is 0 Å².